The number of hydrogen-bond acceptors (Lipinski definition) is 2. The molecule has 3 rings (SSSR count). The van der Waals surface area contributed by atoms with Crippen LogP contribution in [0.4, 0.5) is 0 Å². The van der Waals surface area contributed by atoms with E-state index in [4.69, 9.17) is 0 Å². The number of allylic oxidation sites excluding steroid dienone is 1. The van der Waals surface area contributed by atoms with Crippen LogP contribution < -0.4 is 0 Å². The molecule has 2 fully saturated rings. The van der Waals surface area contributed by atoms with Crippen LogP contribution in [-0.2, 0) is 4.79 Å². The summed E-state index contributed by atoms with van der Waals surface area (Å²) in [6, 6.07) is 0. The Hall–Kier alpha value is -0.630. The highest BCUT2D eigenvalue weighted by atomic mass is 16.3. The maximum Gasteiger partial charge on any atom is 0.160 e. The van der Waals surface area contributed by atoms with Gasteiger partial charge in [0.05, 0.1) is 6.10 Å². The van der Waals surface area contributed by atoms with Crippen LogP contribution in [-0.4, -0.2) is 17.0 Å². The largest absolute Gasteiger partial charge is 0.389 e. The summed E-state index contributed by atoms with van der Waals surface area (Å²) >= 11 is 0. The molecular weight excluding hydrogens is 200 g/mol. The van der Waals surface area contributed by atoms with Crippen LogP contribution in [0.5, 0.6) is 0 Å². The van der Waals surface area contributed by atoms with Gasteiger partial charge in [-0.1, -0.05) is 20.8 Å². The number of rotatable bonds is 0. The van der Waals surface area contributed by atoms with Gasteiger partial charge in [-0.2, -0.15) is 0 Å². The summed E-state index contributed by atoms with van der Waals surface area (Å²) in [6.07, 6.45) is 4.39. The molecule has 1 N–H and O–H groups in total. The van der Waals surface area contributed by atoms with Crippen molar-refractivity contribution in [2.75, 3.05) is 0 Å². The Morgan fingerprint density at radius 1 is 1.31 bits per heavy atom. The molecule has 2 saturated carbocycles. The Kier molecular flexibility index (Phi) is 1.83. The number of carbonyl (C=O) groups is 1. The second kappa shape index (κ2) is 2.79. The zero-order valence-electron chi connectivity index (χ0n) is 10.3. The number of aliphatic hydroxyl groups is 1. The van der Waals surface area contributed by atoms with E-state index in [1.165, 1.54) is 0 Å². The molecule has 16 heavy (non-hydrogen) atoms. The predicted octanol–water partition coefficient (Wildman–Crippen LogP) is 2.32. The summed E-state index contributed by atoms with van der Waals surface area (Å²) in [5.41, 5.74) is 1.31. The Morgan fingerprint density at radius 3 is 2.62 bits per heavy atom. The fourth-order valence-electron chi connectivity index (χ4n) is 4.31. The van der Waals surface area contributed by atoms with Gasteiger partial charge in [-0.15, -0.1) is 0 Å². The number of carbonyl (C=O) groups excluding carboxylic acids is 1. The van der Waals surface area contributed by atoms with Crippen LogP contribution in [0.2, 0.25) is 0 Å². The third-order valence-corrected chi connectivity index (χ3v) is 5.12. The highest BCUT2D eigenvalue weighted by Gasteiger charge is 2.60. The van der Waals surface area contributed by atoms with Crippen molar-refractivity contribution in [2.24, 2.45) is 22.7 Å². The lowest BCUT2D eigenvalue weighted by Gasteiger charge is -2.51. The van der Waals surface area contributed by atoms with Crippen molar-refractivity contribution in [1.82, 2.24) is 0 Å². The average molecular weight is 220 g/mol. The van der Waals surface area contributed by atoms with E-state index in [2.05, 4.69) is 20.8 Å². The molecule has 2 nitrogen and oxygen atoms in total. The van der Waals surface area contributed by atoms with Crippen molar-refractivity contribution in [3.05, 3.63) is 11.6 Å². The number of ketones is 1. The van der Waals surface area contributed by atoms with Crippen molar-refractivity contribution >= 4 is 5.78 Å². The van der Waals surface area contributed by atoms with Gasteiger partial charge in [0.2, 0.25) is 0 Å². The quantitative estimate of drug-likeness (QED) is 0.680. The number of hydrogen-bond donors (Lipinski definition) is 1. The molecule has 0 aromatic carbocycles. The second-order valence-corrected chi connectivity index (χ2v) is 6.93. The predicted molar refractivity (Wildman–Crippen MR) is 61.8 cm³/mol. The van der Waals surface area contributed by atoms with Gasteiger partial charge in [0.15, 0.2) is 5.78 Å². The number of Topliss-reactive ketones (excluding diaryl/α,β-unsaturated/α-hetero) is 1. The molecule has 2 heteroatoms. The highest BCUT2D eigenvalue weighted by molar-refractivity contribution is 6.04. The summed E-state index contributed by atoms with van der Waals surface area (Å²) in [7, 11) is 0. The lowest BCUT2D eigenvalue weighted by Crippen LogP contribution is -2.51. The van der Waals surface area contributed by atoms with Gasteiger partial charge in [-0.05, 0) is 36.2 Å². The Bertz CT molecular complexity index is 394. The first-order valence-corrected chi connectivity index (χ1v) is 6.27. The van der Waals surface area contributed by atoms with E-state index >= 15 is 0 Å². The van der Waals surface area contributed by atoms with Gasteiger partial charge in [0, 0.05) is 17.4 Å². The molecule has 88 valence electrons. The molecule has 0 bridgehead atoms. The first-order valence-electron chi connectivity index (χ1n) is 6.27. The first-order chi connectivity index (χ1) is 7.33. The third-order valence-electron chi connectivity index (χ3n) is 5.12. The molecule has 0 aliphatic heterocycles. The minimum Gasteiger partial charge on any atom is -0.389 e. The minimum atomic E-state index is -0.390. The molecule has 0 saturated heterocycles. The molecule has 0 radical (unpaired) electrons. The maximum atomic E-state index is 11.6. The lowest BCUT2D eigenvalue weighted by atomic mass is 9.52. The van der Waals surface area contributed by atoms with Crippen molar-refractivity contribution in [1.29, 1.82) is 0 Å². The topological polar surface area (TPSA) is 37.3 Å². The minimum absolute atomic E-state index is 0.0781. The summed E-state index contributed by atoms with van der Waals surface area (Å²) in [6.45, 7) is 6.77. The zero-order valence-corrected chi connectivity index (χ0v) is 10.3. The summed E-state index contributed by atoms with van der Waals surface area (Å²) in [4.78, 5) is 11.6. The Morgan fingerprint density at radius 2 is 2.00 bits per heavy atom. The number of aliphatic hydroxyl groups excluding tert-OH is 1. The molecule has 0 spiro atoms. The molecular formula is C14H20O2. The molecule has 0 amide bonds. The van der Waals surface area contributed by atoms with Crippen molar-refractivity contribution in [2.45, 2.75) is 46.1 Å². The SMILES string of the molecule is CC1(C)C[C@H]2[C@@H](C1)[C@]1(C)CC(=O)C1=C[C@@H]2O. The molecule has 0 aromatic rings. The van der Waals surface area contributed by atoms with Gasteiger partial charge >= 0.3 is 0 Å². The monoisotopic (exact) mass is 220 g/mol. The summed E-state index contributed by atoms with van der Waals surface area (Å²) in [5.74, 6) is 1.14. The van der Waals surface area contributed by atoms with Crippen LogP contribution >= 0.6 is 0 Å². The Balaban J connectivity index is 2.01. The average Bonchev–Trinajstić information content (AvgIpc) is 2.49. The van der Waals surface area contributed by atoms with Gasteiger partial charge in [0.25, 0.3) is 0 Å². The van der Waals surface area contributed by atoms with Gasteiger partial charge in [-0.3, -0.25) is 4.79 Å². The van der Waals surface area contributed by atoms with Gasteiger partial charge in [-0.25, -0.2) is 0 Å². The van der Waals surface area contributed by atoms with Crippen LogP contribution in [0.25, 0.3) is 0 Å². The maximum absolute atomic E-state index is 11.6. The van der Waals surface area contributed by atoms with Crippen molar-refractivity contribution < 1.29 is 9.90 Å². The van der Waals surface area contributed by atoms with E-state index in [1.54, 1.807) is 0 Å². The zero-order chi connectivity index (χ0) is 11.7. The smallest absolute Gasteiger partial charge is 0.160 e. The second-order valence-electron chi connectivity index (χ2n) is 6.93. The highest BCUT2D eigenvalue weighted by Crippen LogP contribution is 2.63. The molecule has 0 aromatic heterocycles. The fourth-order valence-corrected chi connectivity index (χ4v) is 4.31. The van der Waals surface area contributed by atoms with Crippen LogP contribution in [0.3, 0.4) is 0 Å². The molecule has 0 unspecified atom stereocenters. The van der Waals surface area contributed by atoms with E-state index < -0.39 is 0 Å². The normalized spacial score (nSPS) is 49.1. The molecule has 0 heterocycles. The summed E-state index contributed by atoms with van der Waals surface area (Å²) < 4.78 is 0. The van der Waals surface area contributed by atoms with E-state index in [1.807, 2.05) is 6.08 Å². The van der Waals surface area contributed by atoms with Gasteiger partial charge < -0.3 is 5.11 Å². The Labute approximate surface area is 96.7 Å². The van der Waals surface area contributed by atoms with E-state index in [0.29, 0.717) is 23.7 Å². The van der Waals surface area contributed by atoms with Crippen LogP contribution in [0.15, 0.2) is 11.6 Å². The van der Waals surface area contributed by atoms with Crippen LogP contribution in [0.1, 0.15) is 40.0 Å². The summed E-state index contributed by atoms with van der Waals surface area (Å²) in [5, 5.41) is 10.1. The fraction of sp³-hybridized carbons (Fsp3) is 0.786. The van der Waals surface area contributed by atoms with Crippen molar-refractivity contribution in [3.8, 4) is 0 Å². The first kappa shape index (κ1) is 10.5. The molecule has 3 aliphatic rings. The lowest BCUT2D eigenvalue weighted by molar-refractivity contribution is -0.128. The standard InChI is InChI=1S/C14H20O2/c1-13(2)5-8-10(6-13)14(3)7-12(16)9(14)4-11(8)15/h4,8,10-11,15H,5-7H2,1-3H3/t8-,10+,11-,14+/m0/s1. The van der Waals surface area contributed by atoms with E-state index in [0.717, 1.165) is 18.4 Å². The third kappa shape index (κ3) is 1.14. The molecule has 4 atom stereocenters. The van der Waals surface area contributed by atoms with E-state index in [-0.39, 0.29) is 17.3 Å². The van der Waals surface area contributed by atoms with E-state index in [9.17, 15) is 9.90 Å². The van der Waals surface area contributed by atoms with Gasteiger partial charge in [0.1, 0.15) is 0 Å². The molecule has 3 aliphatic carbocycles. The number of fused-ring (bicyclic) bond motifs is 3. The van der Waals surface area contributed by atoms with Crippen LogP contribution in [0, 0.1) is 22.7 Å². The van der Waals surface area contributed by atoms with Crippen molar-refractivity contribution in [3.63, 3.8) is 0 Å².